The number of benzene rings is 2. The number of hydrogen-bond donors (Lipinski definition) is 0. The summed E-state index contributed by atoms with van der Waals surface area (Å²) in [4.78, 5) is 16.9. The molecule has 0 radical (unpaired) electrons. The van der Waals surface area contributed by atoms with E-state index in [2.05, 4.69) is 5.10 Å². The summed E-state index contributed by atoms with van der Waals surface area (Å²) < 4.78 is 15.8. The van der Waals surface area contributed by atoms with Gasteiger partial charge in [-0.1, -0.05) is 30.3 Å². The number of aryl methyl sites for hydroxylation is 1. The largest absolute Gasteiger partial charge is 0.366 e. The standard InChI is InChI=1S/C22H23FN4O/c1-16-7-3-5-9-20(16)27-17(2)18(15-24-27)22(28)26-13-11-25(12-14-26)21-10-6-4-8-19(21)23/h3-10,15H,11-14H2,1-2H3. The van der Waals surface area contributed by atoms with Crippen molar-refractivity contribution in [2.75, 3.05) is 31.1 Å². The van der Waals surface area contributed by atoms with E-state index in [-0.39, 0.29) is 11.7 Å². The number of para-hydroxylation sites is 2. The monoisotopic (exact) mass is 378 g/mol. The zero-order valence-electron chi connectivity index (χ0n) is 16.1. The number of nitrogens with zero attached hydrogens (tertiary/aromatic N) is 4. The van der Waals surface area contributed by atoms with Crippen LogP contribution < -0.4 is 4.90 Å². The molecular formula is C22H23FN4O. The molecule has 1 aliphatic rings. The van der Waals surface area contributed by atoms with Gasteiger partial charge in [-0.15, -0.1) is 0 Å². The van der Waals surface area contributed by atoms with Crippen molar-refractivity contribution in [3.05, 3.63) is 77.4 Å². The lowest BCUT2D eigenvalue weighted by atomic mass is 10.1. The van der Waals surface area contributed by atoms with Crippen LogP contribution >= 0.6 is 0 Å². The van der Waals surface area contributed by atoms with Crippen LogP contribution in [-0.2, 0) is 0 Å². The van der Waals surface area contributed by atoms with Gasteiger partial charge in [0, 0.05) is 26.2 Å². The lowest BCUT2D eigenvalue weighted by Gasteiger charge is -2.36. The number of carbonyl (C=O) groups excluding carboxylic acids is 1. The molecule has 1 aromatic heterocycles. The third kappa shape index (κ3) is 3.26. The fraction of sp³-hybridized carbons (Fsp3) is 0.273. The minimum Gasteiger partial charge on any atom is -0.366 e. The smallest absolute Gasteiger partial charge is 0.257 e. The molecule has 1 amide bonds. The van der Waals surface area contributed by atoms with Crippen LogP contribution in [0.25, 0.3) is 5.69 Å². The van der Waals surface area contributed by atoms with Crippen LogP contribution in [0.4, 0.5) is 10.1 Å². The number of hydrogen-bond acceptors (Lipinski definition) is 3. The Morgan fingerprint density at radius 1 is 0.929 bits per heavy atom. The van der Waals surface area contributed by atoms with Crippen molar-refractivity contribution in [1.82, 2.24) is 14.7 Å². The summed E-state index contributed by atoms with van der Waals surface area (Å²) >= 11 is 0. The molecule has 0 unspecified atom stereocenters. The van der Waals surface area contributed by atoms with Crippen LogP contribution in [0.1, 0.15) is 21.6 Å². The Morgan fingerprint density at radius 3 is 2.25 bits per heavy atom. The van der Waals surface area contributed by atoms with E-state index in [1.165, 1.54) is 6.07 Å². The molecule has 5 nitrogen and oxygen atoms in total. The van der Waals surface area contributed by atoms with Crippen LogP contribution in [0.5, 0.6) is 0 Å². The molecule has 0 bridgehead atoms. The molecule has 28 heavy (non-hydrogen) atoms. The molecule has 6 heteroatoms. The highest BCUT2D eigenvalue weighted by Gasteiger charge is 2.26. The number of carbonyl (C=O) groups is 1. The predicted molar refractivity (Wildman–Crippen MR) is 108 cm³/mol. The minimum absolute atomic E-state index is 0.0227. The number of anilines is 1. The first kappa shape index (κ1) is 18.2. The summed E-state index contributed by atoms with van der Waals surface area (Å²) in [6, 6.07) is 14.7. The van der Waals surface area contributed by atoms with Gasteiger partial charge in [-0.3, -0.25) is 4.79 Å². The van der Waals surface area contributed by atoms with Gasteiger partial charge in [-0.2, -0.15) is 5.10 Å². The van der Waals surface area contributed by atoms with Gasteiger partial charge >= 0.3 is 0 Å². The maximum Gasteiger partial charge on any atom is 0.257 e. The van der Waals surface area contributed by atoms with Gasteiger partial charge in [0.2, 0.25) is 0 Å². The third-order valence-corrected chi connectivity index (χ3v) is 5.34. The molecule has 144 valence electrons. The number of aromatic nitrogens is 2. The predicted octanol–water partition coefficient (Wildman–Crippen LogP) is 3.59. The highest BCUT2D eigenvalue weighted by molar-refractivity contribution is 5.95. The van der Waals surface area contributed by atoms with E-state index in [0.717, 1.165) is 16.9 Å². The van der Waals surface area contributed by atoms with Crippen molar-refractivity contribution in [3.63, 3.8) is 0 Å². The van der Waals surface area contributed by atoms with Crippen molar-refractivity contribution in [2.24, 2.45) is 0 Å². The highest BCUT2D eigenvalue weighted by Crippen LogP contribution is 2.22. The summed E-state index contributed by atoms with van der Waals surface area (Å²) in [7, 11) is 0. The van der Waals surface area contributed by atoms with E-state index >= 15 is 0 Å². The quantitative estimate of drug-likeness (QED) is 0.699. The van der Waals surface area contributed by atoms with Crippen LogP contribution in [0.3, 0.4) is 0 Å². The summed E-state index contributed by atoms with van der Waals surface area (Å²) in [6.45, 7) is 6.28. The fourth-order valence-electron chi connectivity index (χ4n) is 3.69. The van der Waals surface area contributed by atoms with Gasteiger partial charge in [-0.05, 0) is 37.6 Å². The van der Waals surface area contributed by atoms with Gasteiger partial charge in [0.1, 0.15) is 5.82 Å². The van der Waals surface area contributed by atoms with Gasteiger partial charge < -0.3 is 9.80 Å². The Bertz CT molecular complexity index is 1010. The van der Waals surface area contributed by atoms with E-state index < -0.39 is 0 Å². The zero-order chi connectivity index (χ0) is 19.7. The molecule has 4 rings (SSSR count). The normalized spacial score (nSPS) is 14.4. The fourth-order valence-corrected chi connectivity index (χ4v) is 3.69. The molecule has 2 heterocycles. The maximum atomic E-state index is 14.0. The first-order chi connectivity index (χ1) is 13.6. The van der Waals surface area contributed by atoms with Crippen LogP contribution in [0.2, 0.25) is 0 Å². The molecule has 0 spiro atoms. The molecule has 3 aromatic rings. The molecule has 0 atom stereocenters. The topological polar surface area (TPSA) is 41.4 Å². The molecule has 1 saturated heterocycles. The molecular weight excluding hydrogens is 355 g/mol. The van der Waals surface area contributed by atoms with Gasteiger partial charge in [0.25, 0.3) is 5.91 Å². The number of piperazine rings is 1. The van der Waals surface area contributed by atoms with E-state index in [1.807, 2.05) is 58.7 Å². The summed E-state index contributed by atoms with van der Waals surface area (Å²) in [5, 5.41) is 4.45. The molecule has 1 fully saturated rings. The SMILES string of the molecule is Cc1ccccc1-n1ncc(C(=O)N2CCN(c3ccccc3F)CC2)c1C. The van der Waals surface area contributed by atoms with E-state index in [0.29, 0.717) is 37.4 Å². The second-order valence-corrected chi connectivity index (χ2v) is 7.07. The Morgan fingerprint density at radius 2 is 1.57 bits per heavy atom. The third-order valence-electron chi connectivity index (χ3n) is 5.34. The Balaban J connectivity index is 1.49. The number of halogens is 1. The minimum atomic E-state index is -0.224. The van der Waals surface area contributed by atoms with Crippen molar-refractivity contribution in [2.45, 2.75) is 13.8 Å². The first-order valence-corrected chi connectivity index (χ1v) is 9.45. The van der Waals surface area contributed by atoms with Crippen LogP contribution in [0, 0.1) is 19.7 Å². The Labute approximate surface area is 164 Å². The van der Waals surface area contributed by atoms with Crippen molar-refractivity contribution < 1.29 is 9.18 Å². The van der Waals surface area contributed by atoms with Gasteiger partial charge in [-0.25, -0.2) is 9.07 Å². The summed E-state index contributed by atoms with van der Waals surface area (Å²) in [5.74, 6) is -0.247. The van der Waals surface area contributed by atoms with E-state index in [4.69, 9.17) is 0 Å². The Kier molecular flexibility index (Phi) is 4.86. The van der Waals surface area contributed by atoms with Crippen LogP contribution in [-0.4, -0.2) is 46.8 Å². The highest BCUT2D eigenvalue weighted by atomic mass is 19.1. The summed E-state index contributed by atoms with van der Waals surface area (Å²) in [6.07, 6.45) is 1.65. The molecule has 0 N–H and O–H groups in total. The molecule has 0 aliphatic carbocycles. The average molecular weight is 378 g/mol. The lowest BCUT2D eigenvalue weighted by molar-refractivity contribution is 0.0746. The van der Waals surface area contributed by atoms with Crippen molar-refractivity contribution in [1.29, 1.82) is 0 Å². The lowest BCUT2D eigenvalue weighted by Crippen LogP contribution is -2.49. The van der Waals surface area contributed by atoms with Crippen molar-refractivity contribution >= 4 is 11.6 Å². The van der Waals surface area contributed by atoms with Crippen molar-refractivity contribution in [3.8, 4) is 5.69 Å². The number of rotatable bonds is 3. The zero-order valence-corrected chi connectivity index (χ0v) is 16.1. The molecule has 2 aromatic carbocycles. The summed E-state index contributed by atoms with van der Waals surface area (Å²) in [5.41, 5.74) is 4.12. The first-order valence-electron chi connectivity index (χ1n) is 9.45. The van der Waals surface area contributed by atoms with Gasteiger partial charge in [0.15, 0.2) is 0 Å². The molecule has 1 aliphatic heterocycles. The maximum absolute atomic E-state index is 14.0. The van der Waals surface area contributed by atoms with Gasteiger partial charge in [0.05, 0.1) is 28.8 Å². The Hall–Kier alpha value is -3.15. The van der Waals surface area contributed by atoms with Crippen LogP contribution in [0.15, 0.2) is 54.7 Å². The van der Waals surface area contributed by atoms with E-state index in [1.54, 1.807) is 18.3 Å². The number of amides is 1. The second kappa shape index (κ2) is 7.46. The second-order valence-electron chi connectivity index (χ2n) is 7.07. The average Bonchev–Trinajstić information content (AvgIpc) is 3.09. The van der Waals surface area contributed by atoms with E-state index in [9.17, 15) is 9.18 Å². The molecule has 0 saturated carbocycles.